The van der Waals surface area contributed by atoms with E-state index in [0.717, 1.165) is 0 Å². The van der Waals surface area contributed by atoms with Crippen LogP contribution in [0.5, 0.6) is 5.75 Å². The summed E-state index contributed by atoms with van der Waals surface area (Å²) >= 11 is 0. The Kier molecular flexibility index (Phi) is 3.12. The van der Waals surface area contributed by atoms with Gasteiger partial charge in [-0.15, -0.1) is 0 Å². The van der Waals surface area contributed by atoms with Crippen LogP contribution in [0.1, 0.15) is 33.0 Å². The molecule has 0 unspecified atom stereocenters. The van der Waals surface area contributed by atoms with Gasteiger partial charge < -0.3 is 14.6 Å². The topological polar surface area (TPSA) is 56.1 Å². The Morgan fingerprint density at radius 2 is 2.14 bits per heavy atom. The van der Waals surface area contributed by atoms with Crippen LogP contribution in [0.2, 0.25) is 0 Å². The number of hydrogen-bond acceptors (Lipinski definition) is 3. The number of aryl methyl sites for hydroxylation is 1. The quantitative estimate of drug-likeness (QED) is 0.878. The number of fused-ring (bicyclic) bond motifs is 3. The first-order chi connectivity index (χ1) is 10.2. The fraction of sp³-hybridized carbons (Fsp3) is 0.467. The van der Waals surface area contributed by atoms with Crippen molar-refractivity contribution in [1.82, 2.24) is 14.9 Å². The summed E-state index contributed by atoms with van der Waals surface area (Å²) in [6.07, 6.45) is -0.888. The second kappa shape index (κ2) is 4.66. The third kappa shape index (κ3) is 2.51. The lowest BCUT2D eigenvalue weighted by Crippen LogP contribution is -2.42. The van der Waals surface area contributed by atoms with E-state index in [4.69, 9.17) is 4.74 Å². The van der Waals surface area contributed by atoms with Crippen molar-refractivity contribution in [3.63, 3.8) is 0 Å². The molecule has 2 aromatic rings. The Labute approximate surface area is 126 Å². The number of ether oxygens (including phenoxy) is 1. The second-order valence-electron chi connectivity index (χ2n) is 6.43. The van der Waals surface area contributed by atoms with Crippen molar-refractivity contribution in [2.45, 2.75) is 45.2 Å². The number of amides is 1. The maximum absolute atomic E-state index is 13.8. The van der Waals surface area contributed by atoms with Gasteiger partial charge in [0.15, 0.2) is 11.6 Å². The average molecular weight is 309 g/mol. The number of para-hydroxylation sites is 1. The molecule has 5 nitrogen and oxygen atoms in total. The summed E-state index contributed by atoms with van der Waals surface area (Å²) in [4.78, 5) is 15.9. The van der Waals surface area contributed by atoms with Crippen molar-refractivity contribution in [2.24, 2.45) is 0 Å². The Morgan fingerprint density at radius 3 is 2.82 bits per heavy atom. The molecule has 1 aliphatic rings. The molecule has 0 aliphatic carbocycles. The number of carbonyl (C=O) groups is 1. The van der Waals surface area contributed by atoms with Crippen LogP contribution in [-0.4, -0.2) is 21.2 Å². The molecule has 1 aliphatic heterocycles. The van der Waals surface area contributed by atoms with E-state index in [1.807, 2.05) is 20.8 Å². The van der Waals surface area contributed by atoms with Crippen molar-refractivity contribution < 1.29 is 18.3 Å². The molecular formula is C15H17F2N3O2. The summed E-state index contributed by atoms with van der Waals surface area (Å²) in [5, 5.41) is 2.65. The Bertz CT molecular complexity index is 747. The van der Waals surface area contributed by atoms with E-state index >= 15 is 0 Å². The zero-order valence-electron chi connectivity index (χ0n) is 12.6. The number of hydrogen-bond donors (Lipinski definition) is 1. The highest BCUT2D eigenvalue weighted by atomic mass is 19.3. The lowest BCUT2D eigenvalue weighted by molar-refractivity contribution is -0.00604. The van der Waals surface area contributed by atoms with Crippen molar-refractivity contribution in [3.05, 3.63) is 24.0 Å². The van der Waals surface area contributed by atoms with Gasteiger partial charge in [0, 0.05) is 18.5 Å². The molecule has 22 heavy (non-hydrogen) atoms. The summed E-state index contributed by atoms with van der Waals surface area (Å²) in [6, 6.07) is 4.90. The van der Waals surface area contributed by atoms with Gasteiger partial charge in [0.1, 0.15) is 5.52 Å². The molecule has 0 fully saturated rings. The minimum atomic E-state index is -2.94. The zero-order chi connectivity index (χ0) is 16.1. The Morgan fingerprint density at radius 1 is 1.41 bits per heavy atom. The largest absolute Gasteiger partial charge is 0.413 e. The van der Waals surface area contributed by atoms with Gasteiger partial charge in [0.2, 0.25) is 0 Å². The van der Waals surface area contributed by atoms with E-state index in [-0.39, 0.29) is 30.1 Å². The summed E-state index contributed by atoms with van der Waals surface area (Å²) < 4.78 is 34.3. The Balaban J connectivity index is 1.97. The first kappa shape index (κ1) is 14.7. The van der Waals surface area contributed by atoms with Gasteiger partial charge in [-0.25, -0.2) is 9.78 Å². The lowest BCUT2D eigenvalue weighted by atomic mass is 10.1. The molecule has 0 saturated carbocycles. The summed E-state index contributed by atoms with van der Waals surface area (Å²) in [7, 11) is 0. The van der Waals surface area contributed by atoms with Crippen LogP contribution in [0.25, 0.3) is 11.0 Å². The number of alkyl halides is 2. The highest BCUT2D eigenvalue weighted by Gasteiger charge is 2.43. The number of halogens is 2. The van der Waals surface area contributed by atoms with Crippen LogP contribution in [0.3, 0.4) is 0 Å². The molecule has 0 spiro atoms. The predicted octanol–water partition coefficient (Wildman–Crippen LogP) is 3.42. The summed E-state index contributed by atoms with van der Waals surface area (Å²) in [6.45, 7) is 5.66. The molecule has 0 saturated heterocycles. The van der Waals surface area contributed by atoms with Gasteiger partial charge in [0.05, 0.1) is 5.52 Å². The van der Waals surface area contributed by atoms with E-state index in [0.29, 0.717) is 5.52 Å². The second-order valence-corrected chi connectivity index (χ2v) is 6.43. The molecule has 1 amide bonds. The molecule has 1 N–H and O–H groups in total. The standard InChI is InChI=1S/C15H17F2N3O2/c1-14(2,3)19-13(21)22-10-6-4-5-9-11(10)18-12-15(16,17)7-8-20(9)12/h4-6H,7-8H2,1-3H3,(H,19,21). The number of rotatable bonds is 1. The number of imidazole rings is 1. The highest BCUT2D eigenvalue weighted by Crippen LogP contribution is 2.41. The monoisotopic (exact) mass is 309 g/mol. The first-order valence-corrected chi connectivity index (χ1v) is 7.05. The summed E-state index contributed by atoms with van der Waals surface area (Å²) in [5.74, 6) is -3.03. The molecule has 7 heteroatoms. The highest BCUT2D eigenvalue weighted by molar-refractivity contribution is 5.86. The smallest absolute Gasteiger partial charge is 0.408 e. The van der Waals surface area contributed by atoms with Gasteiger partial charge in [-0.1, -0.05) is 6.07 Å². The van der Waals surface area contributed by atoms with E-state index in [1.54, 1.807) is 18.2 Å². The third-order valence-electron chi connectivity index (χ3n) is 3.40. The van der Waals surface area contributed by atoms with Crippen molar-refractivity contribution in [3.8, 4) is 5.75 Å². The van der Waals surface area contributed by atoms with Gasteiger partial charge in [-0.05, 0) is 32.9 Å². The predicted molar refractivity (Wildman–Crippen MR) is 77.2 cm³/mol. The third-order valence-corrected chi connectivity index (χ3v) is 3.40. The normalized spacial score (nSPS) is 16.6. The van der Waals surface area contributed by atoms with Crippen LogP contribution in [-0.2, 0) is 12.5 Å². The van der Waals surface area contributed by atoms with Gasteiger partial charge in [-0.3, -0.25) is 0 Å². The maximum atomic E-state index is 13.8. The molecule has 1 aromatic carbocycles. The molecule has 118 valence electrons. The van der Waals surface area contributed by atoms with Crippen molar-refractivity contribution in [1.29, 1.82) is 0 Å². The van der Waals surface area contributed by atoms with E-state index in [2.05, 4.69) is 10.3 Å². The van der Waals surface area contributed by atoms with Gasteiger partial charge in [-0.2, -0.15) is 8.78 Å². The van der Waals surface area contributed by atoms with Gasteiger partial charge in [0.25, 0.3) is 0 Å². The maximum Gasteiger partial charge on any atom is 0.413 e. The molecule has 0 radical (unpaired) electrons. The van der Waals surface area contributed by atoms with Crippen LogP contribution in [0, 0.1) is 0 Å². The Hall–Kier alpha value is -2.18. The fourth-order valence-corrected chi connectivity index (χ4v) is 2.50. The van der Waals surface area contributed by atoms with Crippen LogP contribution < -0.4 is 10.1 Å². The molecular weight excluding hydrogens is 292 g/mol. The van der Waals surface area contributed by atoms with Crippen LogP contribution >= 0.6 is 0 Å². The number of carbonyl (C=O) groups excluding carboxylic acids is 1. The number of benzene rings is 1. The number of nitrogens with zero attached hydrogens (tertiary/aromatic N) is 2. The average Bonchev–Trinajstić information content (AvgIpc) is 2.87. The van der Waals surface area contributed by atoms with E-state index < -0.39 is 17.6 Å². The minimum absolute atomic E-state index is 0.178. The fourth-order valence-electron chi connectivity index (χ4n) is 2.50. The van der Waals surface area contributed by atoms with Crippen LogP contribution in [0.4, 0.5) is 13.6 Å². The van der Waals surface area contributed by atoms with E-state index in [1.165, 1.54) is 4.57 Å². The van der Waals surface area contributed by atoms with Crippen LogP contribution in [0.15, 0.2) is 18.2 Å². The number of nitrogens with one attached hydrogen (secondary N) is 1. The van der Waals surface area contributed by atoms with Crippen molar-refractivity contribution >= 4 is 17.1 Å². The molecule has 3 rings (SSSR count). The zero-order valence-corrected chi connectivity index (χ0v) is 12.6. The van der Waals surface area contributed by atoms with E-state index in [9.17, 15) is 13.6 Å². The summed E-state index contributed by atoms with van der Waals surface area (Å²) in [5.41, 5.74) is 0.378. The van der Waals surface area contributed by atoms with Crippen molar-refractivity contribution in [2.75, 3.05) is 0 Å². The number of aromatic nitrogens is 2. The molecule has 2 heterocycles. The molecule has 0 bridgehead atoms. The first-order valence-electron chi connectivity index (χ1n) is 7.05. The lowest BCUT2D eigenvalue weighted by Gasteiger charge is -2.19. The molecule has 1 aromatic heterocycles. The molecule has 0 atom stereocenters. The SMILES string of the molecule is CC(C)(C)NC(=O)Oc1cccc2c1nc1n2CCC1(F)F. The van der Waals surface area contributed by atoms with Gasteiger partial charge >= 0.3 is 12.0 Å². The minimum Gasteiger partial charge on any atom is -0.408 e.